The molecule has 206 valence electrons. The van der Waals surface area contributed by atoms with Crippen LogP contribution in [0.1, 0.15) is 47.7 Å². The summed E-state index contributed by atoms with van der Waals surface area (Å²) < 4.78 is 22.9. The minimum Gasteiger partial charge on any atom is -0.463 e. The van der Waals surface area contributed by atoms with Gasteiger partial charge in [-0.1, -0.05) is 60.7 Å². The molecule has 1 aliphatic heterocycles. The average Bonchev–Trinajstić information content (AvgIpc) is 3.44. The van der Waals surface area contributed by atoms with E-state index >= 15 is 0 Å². The van der Waals surface area contributed by atoms with Crippen LogP contribution in [0.25, 0.3) is 0 Å². The Morgan fingerprint density at radius 2 is 1.54 bits per heavy atom. The minimum atomic E-state index is -0.633. The molecular formula is C31H35NO7. The van der Waals surface area contributed by atoms with Crippen LogP contribution in [0.4, 0.5) is 0 Å². The maximum absolute atomic E-state index is 12.2. The van der Waals surface area contributed by atoms with Crippen molar-refractivity contribution in [1.29, 1.82) is 0 Å². The molecule has 39 heavy (non-hydrogen) atoms. The summed E-state index contributed by atoms with van der Waals surface area (Å²) in [6, 6.07) is 26.1. The molecule has 8 heteroatoms. The van der Waals surface area contributed by atoms with Crippen molar-refractivity contribution in [3.63, 3.8) is 0 Å². The molecule has 1 unspecified atom stereocenters. The van der Waals surface area contributed by atoms with Gasteiger partial charge < -0.3 is 18.9 Å². The predicted octanol–water partition coefficient (Wildman–Crippen LogP) is 5.31. The Bertz CT molecular complexity index is 1150. The van der Waals surface area contributed by atoms with Crippen molar-refractivity contribution < 1.29 is 33.4 Å². The van der Waals surface area contributed by atoms with E-state index in [2.05, 4.69) is 0 Å². The van der Waals surface area contributed by atoms with E-state index in [0.717, 1.165) is 24.0 Å². The summed E-state index contributed by atoms with van der Waals surface area (Å²) in [6.07, 6.45) is 1.21. The van der Waals surface area contributed by atoms with Crippen LogP contribution < -0.4 is 4.74 Å². The molecule has 0 aromatic heterocycles. The first-order chi connectivity index (χ1) is 19.1. The topological polar surface area (TPSA) is 83.5 Å². The average molecular weight is 534 g/mol. The van der Waals surface area contributed by atoms with Crippen LogP contribution >= 0.6 is 0 Å². The zero-order valence-electron chi connectivity index (χ0n) is 22.2. The van der Waals surface area contributed by atoms with E-state index in [4.69, 9.17) is 23.8 Å². The molecule has 1 heterocycles. The number of rotatable bonds is 14. The molecule has 0 bridgehead atoms. The van der Waals surface area contributed by atoms with Gasteiger partial charge in [-0.2, -0.15) is 5.06 Å². The molecule has 1 saturated heterocycles. The van der Waals surface area contributed by atoms with E-state index in [0.29, 0.717) is 31.1 Å². The van der Waals surface area contributed by atoms with E-state index < -0.39 is 6.29 Å². The molecule has 2 atom stereocenters. The van der Waals surface area contributed by atoms with Crippen LogP contribution in [0.5, 0.6) is 5.75 Å². The van der Waals surface area contributed by atoms with Crippen LogP contribution in [0.15, 0.2) is 84.9 Å². The molecule has 0 aliphatic carbocycles. The Balaban J connectivity index is 1.34. The van der Waals surface area contributed by atoms with E-state index in [1.54, 1.807) is 31.2 Å². The monoisotopic (exact) mass is 533 g/mol. The highest BCUT2D eigenvalue weighted by Crippen LogP contribution is 2.26. The summed E-state index contributed by atoms with van der Waals surface area (Å²) >= 11 is 0. The van der Waals surface area contributed by atoms with Crippen molar-refractivity contribution in [1.82, 2.24) is 5.06 Å². The number of benzene rings is 3. The molecule has 0 N–H and O–H groups in total. The smallest absolute Gasteiger partial charge is 0.338 e. The first-order valence-corrected chi connectivity index (χ1v) is 13.3. The third-order valence-electron chi connectivity index (χ3n) is 6.24. The molecule has 0 radical (unpaired) electrons. The van der Waals surface area contributed by atoms with Gasteiger partial charge in [0.2, 0.25) is 6.29 Å². The molecule has 0 spiro atoms. The lowest BCUT2D eigenvalue weighted by molar-refractivity contribution is -0.228. The largest absolute Gasteiger partial charge is 0.463 e. The maximum Gasteiger partial charge on any atom is 0.338 e. The van der Waals surface area contributed by atoms with E-state index in [1.165, 1.54) is 0 Å². The molecule has 0 amide bonds. The number of esters is 2. The summed E-state index contributed by atoms with van der Waals surface area (Å²) in [6.45, 7) is 3.58. The zero-order chi connectivity index (χ0) is 27.3. The zero-order valence-corrected chi connectivity index (χ0v) is 22.2. The predicted molar refractivity (Wildman–Crippen MR) is 145 cm³/mol. The van der Waals surface area contributed by atoms with Crippen molar-refractivity contribution in [2.75, 3.05) is 19.8 Å². The molecule has 4 rings (SSSR count). The highest BCUT2D eigenvalue weighted by atomic mass is 16.7. The fourth-order valence-corrected chi connectivity index (χ4v) is 4.25. The van der Waals surface area contributed by atoms with Crippen LogP contribution in [0, 0.1) is 0 Å². The van der Waals surface area contributed by atoms with Crippen LogP contribution in [-0.2, 0) is 37.1 Å². The molecule has 0 saturated carbocycles. The van der Waals surface area contributed by atoms with Gasteiger partial charge in [0, 0.05) is 6.54 Å². The first-order valence-electron chi connectivity index (χ1n) is 13.3. The van der Waals surface area contributed by atoms with Crippen LogP contribution in [-0.4, -0.2) is 49.1 Å². The fraction of sp³-hybridized carbons (Fsp3) is 0.355. The third-order valence-corrected chi connectivity index (χ3v) is 6.24. The lowest BCUT2D eigenvalue weighted by atomic mass is 10.2. The van der Waals surface area contributed by atoms with E-state index in [-0.39, 0.29) is 37.6 Å². The molecule has 8 nitrogen and oxygen atoms in total. The normalized spacial score (nSPS) is 16.0. The summed E-state index contributed by atoms with van der Waals surface area (Å²) in [7, 11) is 0. The number of ether oxygens (including phenoxy) is 4. The van der Waals surface area contributed by atoms with Crippen LogP contribution in [0.3, 0.4) is 0 Å². The van der Waals surface area contributed by atoms with Crippen molar-refractivity contribution in [2.45, 2.75) is 51.7 Å². The van der Waals surface area contributed by atoms with Gasteiger partial charge in [-0.05, 0) is 55.2 Å². The SMILES string of the molecule is CCOC(=O)c1ccc(OC(OCc2ccccc2)[C@H]2CCCN2OCCC(=O)OCc2ccccc2)cc1. The van der Waals surface area contributed by atoms with Gasteiger partial charge >= 0.3 is 11.9 Å². The summed E-state index contributed by atoms with van der Waals surface area (Å²) in [5.41, 5.74) is 2.42. The Labute approximate surface area is 229 Å². The van der Waals surface area contributed by atoms with Gasteiger partial charge in [-0.15, -0.1) is 0 Å². The van der Waals surface area contributed by atoms with Gasteiger partial charge in [0.05, 0.1) is 37.8 Å². The molecular weight excluding hydrogens is 498 g/mol. The van der Waals surface area contributed by atoms with Gasteiger partial charge in [0.25, 0.3) is 0 Å². The maximum atomic E-state index is 12.2. The third kappa shape index (κ3) is 8.92. The Hall–Kier alpha value is -3.72. The number of hydrogen-bond donors (Lipinski definition) is 0. The van der Waals surface area contributed by atoms with Gasteiger partial charge in [-0.3, -0.25) is 9.63 Å². The van der Waals surface area contributed by atoms with Crippen molar-refractivity contribution in [3.8, 4) is 5.75 Å². The second-order valence-corrected chi connectivity index (χ2v) is 9.11. The number of nitrogens with zero attached hydrogens (tertiary/aromatic N) is 1. The second kappa shape index (κ2) is 15.0. The first kappa shape index (κ1) is 28.3. The molecule has 3 aromatic rings. The Morgan fingerprint density at radius 1 is 0.872 bits per heavy atom. The van der Waals surface area contributed by atoms with Crippen molar-refractivity contribution in [3.05, 3.63) is 102 Å². The highest BCUT2D eigenvalue weighted by molar-refractivity contribution is 5.89. The van der Waals surface area contributed by atoms with Crippen LogP contribution in [0.2, 0.25) is 0 Å². The molecule has 1 fully saturated rings. The summed E-state index contributed by atoms with van der Waals surface area (Å²) in [4.78, 5) is 30.2. The Kier molecular flexibility index (Phi) is 10.9. The second-order valence-electron chi connectivity index (χ2n) is 9.11. The number of carbonyl (C=O) groups is 2. The lowest BCUT2D eigenvalue weighted by Gasteiger charge is -2.31. The molecule has 3 aromatic carbocycles. The lowest BCUT2D eigenvalue weighted by Crippen LogP contribution is -2.44. The van der Waals surface area contributed by atoms with Gasteiger partial charge in [0.15, 0.2) is 0 Å². The number of hydroxylamine groups is 2. The fourth-order valence-electron chi connectivity index (χ4n) is 4.25. The van der Waals surface area contributed by atoms with Crippen molar-refractivity contribution in [2.24, 2.45) is 0 Å². The highest BCUT2D eigenvalue weighted by Gasteiger charge is 2.35. The number of hydrogen-bond acceptors (Lipinski definition) is 8. The summed E-state index contributed by atoms with van der Waals surface area (Å²) in [5, 5.41) is 1.84. The summed E-state index contributed by atoms with van der Waals surface area (Å²) in [5.74, 6) is -0.125. The van der Waals surface area contributed by atoms with E-state index in [9.17, 15) is 9.59 Å². The Morgan fingerprint density at radius 3 is 2.21 bits per heavy atom. The minimum absolute atomic E-state index is 0.141. The quantitative estimate of drug-likeness (QED) is 0.204. The van der Waals surface area contributed by atoms with Gasteiger partial charge in [0.1, 0.15) is 12.4 Å². The van der Waals surface area contributed by atoms with Gasteiger partial charge in [-0.25, -0.2) is 4.79 Å². The van der Waals surface area contributed by atoms with Crippen molar-refractivity contribution >= 4 is 11.9 Å². The van der Waals surface area contributed by atoms with E-state index in [1.807, 2.05) is 65.7 Å². The number of carbonyl (C=O) groups excluding carboxylic acids is 2. The molecule has 1 aliphatic rings. The standard InChI is InChI=1S/C31H35NO7/c1-2-35-30(34)26-15-17-27(18-16-26)39-31(37-23-25-12-7-4-8-13-25)28-14-9-20-32(28)38-21-19-29(33)36-22-24-10-5-3-6-11-24/h3-8,10-13,15-18,28,31H,2,9,14,19-23H2,1H3/t28-,31?/m1/s1.